The molecule has 1 N–H and O–H groups in total. The van der Waals surface area contributed by atoms with Crippen molar-refractivity contribution in [3.05, 3.63) is 29.3 Å². The molecular weight excluding hydrogens is 278 g/mol. The number of anilines is 1. The molecule has 0 aromatic heterocycles. The van der Waals surface area contributed by atoms with Crippen LogP contribution in [0.15, 0.2) is 12.1 Å². The van der Waals surface area contributed by atoms with Crippen molar-refractivity contribution in [1.29, 1.82) is 0 Å². The molecule has 4 nitrogen and oxygen atoms in total. The van der Waals surface area contributed by atoms with Crippen molar-refractivity contribution >= 4 is 11.6 Å². The minimum Gasteiger partial charge on any atom is -0.383 e. The summed E-state index contributed by atoms with van der Waals surface area (Å²) < 4.78 is 32.5. The zero-order valence-electron chi connectivity index (χ0n) is 12.9. The molecule has 21 heavy (non-hydrogen) atoms. The van der Waals surface area contributed by atoms with E-state index in [4.69, 9.17) is 4.74 Å². The van der Waals surface area contributed by atoms with E-state index in [1.165, 1.54) is 7.05 Å². The molecule has 0 saturated carbocycles. The van der Waals surface area contributed by atoms with Crippen molar-refractivity contribution in [3.8, 4) is 0 Å². The second-order valence-corrected chi connectivity index (χ2v) is 5.20. The van der Waals surface area contributed by atoms with Crippen LogP contribution >= 0.6 is 0 Å². The smallest absolute Gasteiger partial charge is 0.254 e. The van der Waals surface area contributed by atoms with Gasteiger partial charge < -0.3 is 15.0 Å². The SMILES string of the molecule is CNc1c(F)cc(C(=O)N(CCOC)CC(C)C)cc1F. The molecule has 0 spiro atoms. The van der Waals surface area contributed by atoms with Crippen LogP contribution < -0.4 is 5.32 Å². The van der Waals surface area contributed by atoms with Crippen LogP contribution in [-0.2, 0) is 4.74 Å². The highest BCUT2D eigenvalue weighted by atomic mass is 19.1. The van der Waals surface area contributed by atoms with E-state index < -0.39 is 17.5 Å². The first-order valence-corrected chi connectivity index (χ1v) is 6.85. The molecule has 0 bridgehead atoms. The third kappa shape index (κ3) is 4.67. The van der Waals surface area contributed by atoms with Crippen molar-refractivity contribution in [2.24, 2.45) is 5.92 Å². The number of carbonyl (C=O) groups excluding carboxylic acids is 1. The van der Waals surface area contributed by atoms with Gasteiger partial charge in [-0.2, -0.15) is 0 Å². The van der Waals surface area contributed by atoms with Gasteiger partial charge in [-0.15, -0.1) is 0 Å². The lowest BCUT2D eigenvalue weighted by Crippen LogP contribution is -2.36. The van der Waals surface area contributed by atoms with Gasteiger partial charge in [0.05, 0.1) is 6.61 Å². The Morgan fingerprint density at radius 2 is 1.90 bits per heavy atom. The summed E-state index contributed by atoms with van der Waals surface area (Å²) in [6, 6.07) is 2.11. The molecule has 0 aliphatic carbocycles. The van der Waals surface area contributed by atoms with Crippen LogP contribution in [-0.4, -0.2) is 44.7 Å². The maximum Gasteiger partial charge on any atom is 0.254 e. The summed E-state index contributed by atoms with van der Waals surface area (Å²) in [7, 11) is 2.96. The lowest BCUT2D eigenvalue weighted by atomic mass is 10.1. The molecule has 0 unspecified atom stereocenters. The van der Waals surface area contributed by atoms with Crippen molar-refractivity contribution in [2.45, 2.75) is 13.8 Å². The average molecular weight is 300 g/mol. The van der Waals surface area contributed by atoms with Crippen LogP contribution in [0.1, 0.15) is 24.2 Å². The van der Waals surface area contributed by atoms with E-state index in [1.54, 1.807) is 12.0 Å². The molecule has 1 rings (SSSR count). The summed E-state index contributed by atoms with van der Waals surface area (Å²) in [6.07, 6.45) is 0. The molecular formula is C15H22F2N2O2. The van der Waals surface area contributed by atoms with Gasteiger partial charge in [0.1, 0.15) is 17.3 Å². The number of benzene rings is 1. The van der Waals surface area contributed by atoms with Crippen LogP contribution in [0.3, 0.4) is 0 Å². The van der Waals surface area contributed by atoms with Crippen molar-refractivity contribution in [1.82, 2.24) is 4.90 Å². The highest BCUT2D eigenvalue weighted by Gasteiger charge is 2.20. The van der Waals surface area contributed by atoms with Crippen LogP contribution in [0.2, 0.25) is 0 Å². The van der Waals surface area contributed by atoms with Gasteiger partial charge in [0.25, 0.3) is 5.91 Å². The molecule has 6 heteroatoms. The Bertz CT molecular complexity index is 470. The molecule has 0 radical (unpaired) electrons. The number of carbonyl (C=O) groups is 1. The number of hydrogen-bond acceptors (Lipinski definition) is 3. The Hall–Kier alpha value is -1.69. The number of methoxy groups -OCH3 is 1. The van der Waals surface area contributed by atoms with Crippen LogP contribution in [0, 0.1) is 17.6 Å². The summed E-state index contributed by atoms with van der Waals surface area (Å²) in [5.74, 6) is -1.72. The standard InChI is InChI=1S/C15H22F2N2O2/c1-10(2)9-19(5-6-21-4)15(20)11-7-12(16)14(18-3)13(17)8-11/h7-8,10,18H,5-6,9H2,1-4H3. The normalized spacial score (nSPS) is 10.8. The lowest BCUT2D eigenvalue weighted by Gasteiger charge is -2.24. The van der Waals surface area contributed by atoms with E-state index in [9.17, 15) is 13.6 Å². The molecule has 1 amide bonds. The second kappa shape index (κ2) is 7.93. The average Bonchev–Trinajstić information content (AvgIpc) is 2.41. The maximum absolute atomic E-state index is 13.8. The fraction of sp³-hybridized carbons (Fsp3) is 0.533. The van der Waals surface area contributed by atoms with E-state index in [2.05, 4.69) is 5.32 Å². The number of amides is 1. The molecule has 1 aromatic rings. The topological polar surface area (TPSA) is 41.6 Å². The summed E-state index contributed by atoms with van der Waals surface area (Å²) in [4.78, 5) is 13.9. The molecule has 0 saturated heterocycles. The zero-order valence-corrected chi connectivity index (χ0v) is 12.9. The minimum atomic E-state index is -0.780. The van der Waals surface area contributed by atoms with E-state index in [-0.39, 0.29) is 17.2 Å². The Labute approximate surface area is 124 Å². The molecule has 0 atom stereocenters. The highest BCUT2D eigenvalue weighted by Crippen LogP contribution is 2.21. The van der Waals surface area contributed by atoms with Crippen molar-refractivity contribution in [3.63, 3.8) is 0 Å². The van der Waals surface area contributed by atoms with Crippen LogP contribution in [0.4, 0.5) is 14.5 Å². The highest BCUT2D eigenvalue weighted by molar-refractivity contribution is 5.94. The molecule has 0 heterocycles. The largest absolute Gasteiger partial charge is 0.383 e. The van der Waals surface area contributed by atoms with Gasteiger partial charge in [0, 0.05) is 32.8 Å². The third-order valence-corrected chi connectivity index (χ3v) is 2.98. The molecule has 118 valence electrons. The number of hydrogen-bond donors (Lipinski definition) is 1. The fourth-order valence-electron chi connectivity index (χ4n) is 2.04. The Kier molecular flexibility index (Phi) is 6.55. The van der Waals surface area contributed by atoms with Gasteiger partial charge in [-0.3, -0.25) is 4.79 Å². The first kappa shape index (κ1) is 17.4. The predicted molar refractivity (Wildman–Crippen MR) is 78.5 cm³/mol. The lowest BCUT2D eigenvalue weighted by molar-refractivity contribution is 0.0671. The maximum atomic E-state index is 13.8. The fourth-order valence-corrected chi connectivity index (χ4v) is 2.04. The predicted octanol–water partition coefficient (Wildman–Crippen LogP) is 2.75. The van der Waals surface area contributed by atoms with E-state index in [0.717, 1.165) is 12.1 Å². The number of halogens is 2. The zero-order chi connectivity index (χ0) is 16.0. The Morgan fingerprint density at radius 1 is 1.33 bits per heavy atom. The third-order valence-electron chi connectivity index (χ3n) is 2.98. The minimum absolute atomic E-state index is 0.000697. The molecule has 0 aliphatic rings. The first-order chi connectivity index (χ1) is 9.90. The number of nitrogens with zero attached hydrogens (tertiary/aromatic N) is 1. The summed E-state index contributed by atoms with van der Waals surface area (Å²) in [6.45, 7) is 5.19. The van der Waals surface area contributed by atoms with Crippen molar-refractivity contribution < 1.29 is 18.3 Å². The second-order valence-electron chi connectivity index (χ2n) is 5.20. The Morgan fingerprint density at radius 3 is 2.33 bits per heavy atom. The van der Waals surface area contributed by atoms with E-state index >= 15 is 0 Å². The summed E-state index contributed by atoms with van der Waals surface area (Å²) >= 11 is 0. The van der Waals surface area contributed by atoms with Crippen LogP contribution in [0.25, 0.3) is 0 Å². The van der Waals surface area contributed by atoms with E-state index in [1.807, 2.05) is 13.8 Å². The number of ether oxygens (including phenoxy) is 1. The first-order valence-electron chi connectivity index (χ1n) is 6.85. The van der Waals surface area contributed by atoms with Gasteiger partial charge in [0.15, 0.2) is 0 Å². The number of nitrogens with one attached hydrogen (secondary N) is 1. The van der Waals surface area contributed by atoms with Gasteiger partial charge in [0.2, 0.25) is 0 Å². The molecule has 0 aliphatic heterocycles. The summed E-state index contributed by atoms with van der Waals surface area (Å²) in [5, 5.41) is 2.43. The van der Waals surface area contributed by atoms with Gasteiger partial charge in [-0.1, -0.05) is 13.8 Å². The van der Waals surface area contributed by atoms with Gasteiger partial charge >= 0.3 is 0 Å². The quantitative estimate of drug-likeness (QED) is 0.842. The molecule has 1 aromatic carbocycles. The van der Waals surface area contributed by atoms with Crippen LogP contribution in [0.5, 0.6) is 0 Å². The number of rotatable bonds is 7. The van der Waals surface area contributed by atoms with Gasteiger partial charge in [-0.25, -0.2) is 8.78 Å². The monoisotopic (exact) mass is 300 g/mol. The van der Waals surface area contributed by atoms with E-state index in [0.29, 0.717) is 19.7 Å². The summed E-state index contributed by atoms with van der Waals surface area (Å²) in [5.41, 5.74) is -0.236. The molecule has 0 fully saturated rings. The van der Waals surface area contributed by atoms with Gasteiger partial charge in [-0.05, 0) is 18.1 Å². The Balaban J connectivity index is 3.02. The van der Waals surface area contributed by atoms with Crippen molar-refractivity contribution in [2.75, 3.05) is 39.2 Å².